The molecular weight excluding hydrogens is 344 g/mol. The lowest BCUT2D eigenvalue weighted by molar-refractivity contribution is 0.261. The van der Waals surface area contributed by atoms with Crippen molar-refractivity contribution in [3.8, 4) is 11.3 Å². The molecule has 4 rings (SSSR count). The van der Waals surface area contributed by atoms with E-state index in [0.717, 1.165) is 45.0 Å². The number of benzene rings is 2. The fourth-order valence-corrected chi connectivity index (χ4v) is 4.01. The lowest BCUT2D eigenvalue weighted by Gasteiger charge is -2.30. The third-order valence-electron chi connectivity index (χ3n) is 5.10. The summed E-state index contributed by atoms with van der Waals surface area (Å²) in [5.74, 6) is 0.872. The van der Waals surface area contributed by atoms with Crippen LogP contribution in [-0.2, 0) is 0 Å². The van der Waals surface area contributed by atoms with E-state index in [2.05, 4.69) is 58.7 Å². The lowest BCUT2D eigenvalue weighted by atomic mass is 10.0. The van der Waals surface area contributed by atoms with Crippen molar-refractivity contribution < 1.29 is 0 Å². The van der Waals surface area contributed by atoms with Crippen LogP contribution >= 0.6 is 11.6 Å². The van der Waals surface area contributed by atoms with Gasteiger partial charge >= 0.3 is 0 Å². The Morgan fingerprint density at radius 2 is 1.92 bits per heavy atom. The number of halogens is 1. The van der Waals surface area contributed by atoms with Gasteiger partial charge in [-0.2, -0.15) is 0 Å². The molecule has 5 heteroatoms. The average molecular weight is 367 g/mol. The van der Waals surface area contributed by atoms with E-state index < -0.39 is 0 Å². The summed E-state index contributed by atoms with van der Waals surface area (Å²) >= 11 is 6.12. The fraction of sp³-hybridized carbons (Fsp3) is 0.333. The van der Waals surface area contributed by atoms with Gasteiger partial charge in [-0.3, -0.25) is 0 Å². The van der Waals surface area contributed by atoms with Gasteiger partial charge in [-0.1, -0.05) is 41.9 Å². The molecular formula is C21H23ClN4. The second-order valence-corrected chi connectivity index (χ2v) is 7.58. The average Bonchev–Trinajstić information content (AvgIpc) is 2.63. The molecule has 0 aliphatic carbocycles. The molecule has 4 nitrogen and oxygen atoms in total. The van der Waals surface area contributed by atoms with Crippen LogP contribution in [0.5, 0.6) is 0 Å². The maximum atomic E-state index is 6.12. The second-order valence-electron chi connectivity index (χ2n) is 7.15. The van der Waals surface area contributed by atoms with Crippen LogP contribution in [0.25, 0.3) is 22.0 Å². The Morgan fingerprint density at radius 1 is 1.12 bits per heavy atom. The highest BCUT2D eigenvalue weighted by molar-refractivity contribution is 6.30. The van der Waals surface area contributed by atoms with Crippen molar-refractivity contribution in [1.29, 1.82) is 0 Å². The number of rotatable bonds is 3. The van der Waals surface area contributed by atoms with Crippen molar-refractivity contribution in [2.45, 2.75) is 25.8 Å². The molecule has 1 unspecified atom stereocenters. The van der Waals surface area contributed by atoms with E-state index >= 15 is 0 Å². The molecule has 0 saturated carbocycles. The molecule has 1 aliphatic heterocycles. The normalized spacial score (nSPS) is 18.2. The van der Waals surface area contributed by atoms with Crippen molar-refractivity contribution in [1.82, 2.24) is 15.1 Å². The summed E-state index contributed by atoms with van der Waals surface area (Å²) in [6, 6.07) is 14.7. The van der Waals surface area contributed by atoms with E-state index in [4.69, 9.17) is 11.6 Å². The molecule has 3 aromatic rings. The number of likely N-dealkylation sites (N-methyl/N-ethyl adjacent to an activating group) is 1. The number of hydrogen-bond acceptors (Lipinski definition) is 4. The number of nitrogens with zero attached hydrogens (tertiary/aromatic N) is 3. The van der Waals surface area contributed by atoms with E-state index in [1.54, 1.807) is 0 Å². The van der Waals surface area contributed by atoms with Gasteiger partial charge in [-0.05, 0) is 51.1 Å². The molecule has 1 saturated heterocycles. The highest BCUT2D eigenvalue weighted by Crippen LogP contribution is 2.32. The second kappa shape index (κ2) is 7.22. The zero-order chi connectivity index (χ0) is 18.1. The Kier molecular flexibility index (Phi) is 4.79. The Morgan fingerprint density at radius 3 is 2.69 bits per heavy atom. The van der Waals surface area contributed by atoms with Gasteiger partial charge in [0.05, 0.1) is 0 Å². The molecule has 1 fully saturated rings. The number of fused-ring (bicyclic) bond motifs is 1. The van der Waals surface area contributed by atoms with Crippen molar-refractivity contribution in [2.24, 2.45) is 0 Å². The number of aryl methyl sites for hydroxylation is 1. The summed E-state index contributed by atoms with van der Waals surface area (Å²) < 4.78 is 0. The van der Waals surface area contributed by atoms with Crippen molar-refractivity contribution >= 4 is 28.2 Å². The number of likely N-dealkylation sites (tertiary alicyclic amines) is 1. The molecule has 134 valence electrons. The molecule has 2 aromatic carbocycles. The predicted molar refractivity (Wildman–Crippen MR) is 109 cm³/mol. The Balaban J connectivity index is 1.76. The SMILES string of the molecule is Cc1cc(Cl)ccc1-c1nnc(NC2CCCN(C)C2)c2ccccc12. The molecule has 0 bridgehead atoms. The fourth-order valence-electron chi connectivity index (χ4n) is 3.78. The predicted octanol–water partition coefficient (Wildman–Crippen LogP) is 4.76. The summed E-state index contributed by atoms with van der Waals surface area (Å²) in [4.78, 5) is 2.36. The monoisotopic (exact) mass is 366 g/mol. The van der Waals surface area contributed by atoms with Crippen LogP contribution in [0.3, 0.4) is 0 Å². The molecule has 2 heterocycles. The molecule has 1 N–H and O–H groups in total. The zero-order valence-corrected chi connectivity index (χ0v) is 15.9. The molecule has 1 atom stereocenters. The first kappa shape index (κ1) is 17.3. The van der Waals surface area contributed by atoms with E-state index in [-0.39, 0.29) is 0 Å². The summed E-state index contributed by atoms with van der Waals surface area (Å²) in [6.07, 6.45) is 2.37. The largest absolute Gasteiger partial charge is 0.364 e. The summed E-state index contributed by atoms with van der Waals surface area (Å²) in [5, 5.41) is 15.7. The number of piperidine rings is 1. The van der Waals surface area contributed by atoms with Gasteiger partial charge in [0.1, 0.15) is 5.69 Å². The van der Waals surface area contributed by atoms with Crippen LogP contribution in [0, 0.1) is 6.92 Å². The minimum absolute atomic E-state index is 0.412. The van der Waals surface area contributed by atoms with Crippen LogP contribution < -0.4 is 5.32 Å². The molecule has 0 radical (unpaired) electrons. The topological polar surface area (TPSA) is 41.1 Å². The first-order valence-electron chi connectivity index (χ1n) is 9.09. The summed E-state index contributed by atoms with van der Waals surface area (Å²) in [5.41, 5.74) is 3.08. The Labute approximate surface area is 159 Å². The van der Waals surface area contributed by atoms with Crippen LogP contribution in [0.1, 0.15) is 18.4 Å². The third kappa shape index (κ3) is 3.39. The summed E-state index contributed by atoms with van der Waals surface area (Å²) in [6.45, 7) is 4.26. The minimum atomic E-state index is 0.412. The van der Waals surface area contributed by atoms with E-state index in [1.807, 2.05) is 18.2 Å². The number of anilines is 1. The van der Waals surface area contributed by atoms with Crippen molar-refractivity contribution in [3.05, 3.63) is 53.1 Å². The zero-order valence-electron chi connectivity index (χ0n) is 15.2. The molecule has 1 aliphatic rings. The lowest BCUT2D eigenvalue weighted by Crippen LogP contribution is -2.40. The minimum Gasteiger partial charge on any atom is -0.364 e. The summed E-state index contributed by atoms with van der Waals surface area (Å²) in [7, 11) is 2.17. The highest BCUT2D eigenvalue weighted by Gasteiger charge is 2.19. The first-order valence-corrected chi connectivity index (χ1v) is 9.46. The van der Waals surface area contributed by atoms with Gasteiger partial charge in [-0.25, -0.2) is 0 Å². The van der Waals surface area contributed by atoms with E-state index in [0.29, 0.717) is 6.04 Å². The van der Waals surface area contributed by atoms with Gasteiger partial charge in [0.2, 0.25) is 0 Å². The molecule has 0 spiro atoms. The van der Waals surface area contributed by atoms with Crippen molar-refractivity contribution in [3.63, 3.8) is 0 Å². The van der Waals surface area contributed by atoms with Gasteiger partial charge in [-0.15, -0.1) is 10.2 Å². The van der Waals surface area contributed by atoms with E-state index in [1.165, 1.54) is 19.4 Å². The molecule has 1 aromatic heterocycles. The highest BCUT2D eigenvalue weighted by atomic mass is 35.5. The van der Waals surface area contributed by atoms with Crippen LogP contribution in [-0.4, -0.2) is 41.3 Å². The van der Waals surface area contributed by atoms with Crippen molar-refractivity contribution in [2.75, 3.05) is 25.5 Å². The van der Waals surface area contributed by atoms with E-state index in [9.17, 15) is 0 Å². The van der Waals surface area contributed by atoms with Gasteiger partial charge < -0.3 is 10.2 Å². The van der Waals surface area contributed by atoms with Gasteiger partial charge in [0.15, 0.2) is 5.82 Å². The Hall–Kier alpha value is -2.17. The van der Waals surface area contributed by atoms with Gasteiger partial charge in [0.25, 0.3) is 0 Å². The smallest absolute Gasteiger partial charge is 0.156 e. The standard InChI is InChI=1S/C21H23ClN4/c1-14-12-15(22)9-10-17(14)20-18-7-3-4-8-19(18)21(25-24-20)23-16-6-5-11-26(2)13-16/h3-4,7-10,12,16H,5-6,11,13H2,1-2H3,(H,23,25). The quantitative estimate of drug-likeness (QED) is 0.725. The van der Waals surface area contributed by atoms with Crippen LogP contribution in [0.4, 0.5) is 5.82 Å². The number of aromatic nitrogens is 2. The maximum absolute atomic E-state index is 6.12. The molecule has 0 amide bonds. The maximum Gasteiger partial charge on any atom is 0.156 e. The number of nitrogens with one attached hydrogen (secondary N) is 1. The third-order valence-corrected chi connectivity index (χ3v) is 5.33. The van der Waals surface area contributed by atoms with Crippen LogP contribution in [0.2, 0.25) is 5.02 Å². The molecule has 26 heavy (non-hydrogen) atoms. The van der Waals surface area contributed by atoms with Crippen LogP contribution in [0.15, 0.2) is 42.5 Å². The Bertz CT molecular complexity index is 940. The number of hydrogen-bond donors (Lipinski definition) is 1. The van der Waals surface area contributed by atoms with Gasteiger partial charge in [0, 0.05) is 33.9 Å². The first-order chi connectivity index (χ1) is 12.6.